The normalized spacial score (nSPS) is 25.1. The Morgan fingerprint density at radius 1 is 1.07 bits per heavy atom. The highest BCUT2D eigenvalue weighted by Crippen LogP contribution is 2.29. The van der Waals surface area contributed by atoms with Crippen LogP contribution < -0.4 is 10.6 Å². The van der Waals surface area contributed by atoms with Crippen molar-refractivity contribution in [2.75, 3.05) is 18.5 Å². The van der Waals surface area contributed by atoms with Crippen LogP contribution in [-0.4, -0.2) is 53.4 Å². The monoisotopic (exact) mass is 410 g/mol. The number of carbonyl (C=O) groups is 1. The molecule has 9 heteroatoms. The van der Waals surface area contributed by atoms with Gasteiger partial charge in [0.25, 0.3) is 5.91 Å². The highest BCUT2D eigenvalue weighted by atomic mass is 19.1. The maximum Gasteiger partial charge on any atom is 0.287 e. The van der Waals surface area contributed by atoms with Gasteiger partial charge in [0, 0.05) is 11.8 Å². The van der Waals surface area contributed by atoms with Crippen LogP contribution in [0.25, 0.3) is 11.3 Å². The Balaban J connectivity index is 1.25. The van der Waals surface area contributed by atoms with Gasteiger partial charge in [-0.05, 0) is 30.3 Å². The summed E-state index contributed by atoms with van der Waals surface area (Å²) in [6.45, 7) is 0.722. The molecule has 154 valence electrons. The van der Waals surface area contributed by atoms with Crippen LogP contribution in [0.1, 0.15) is 10.6 Å². The lowest BCUT2D eigenvalue weighted by atomic mass is 10.1. The number of aromatic nitrogens is 2. The van der Waals surface area contributed by atoms with Crippen molar-refractivity contribution in [3.05, 3.63) is 66.5 Å². The molecule has 2 aromatic heterocycles. The maximum atomic E-state index is 13.5. The van der Waals surface area contributed by atoms with E-state index in [1.807, 2.05) is 0 Å². The standard InChI is InChI=1S/C21H19FN4O4/c22-13-4-1-3-12(9-13)14-6-7-23-21(25-14)26-16-11-30-18-15(10-29-19(16)18)24-20(27)17-5-2-8-28-17/h1-9,15-16,18-19H,10-11H2,(H,24,27)(H,23,25,26)/t15-,16+,18-,19+/m0/s1. The van der Waals surface area contributed by atoms with E-state index in [9.17, 15) is 9.18 Å². The van der Waals surface area contributed by atoms with Gasteiger partial charge in [0.15, 0.2) is 5.76 Å². The molecule has 2 fully saturated rings. The molecule has 0 unspecified atom stereocenters. The number of halogens is 1. The zero-order valence-electron chi connectivity index (χ0n) is 15.8. The lowest BCUT2D eigenvalue weighted by Crippen LogP contribution is -2.44. The van der Waals surface area contributed by atoms with Gasteiger partial charge in [-0.25, -0.2) is 14.4 Å². The van der Waals surface area contributed by atoms with Gasteiger partial charge < -0.3 is 24.5 Å². The highest BCUT2D eigenvalue weighted by Gasteiger charge is 2.48. The SMILES string of the molecule is O=C(N[C@H]1CO[C@H]2[C@H]1OC[C@H]2Nc1nccc(-c2cccc(F)c2)n1)c1ccco1. The molecule has 4 atom stereocenters. The largest absolute Gasteiger partial charge is 0.459 e. The third kappa shape index (κ3) is 3.64. The summed E-state index contributed by atoms with van der Waals surface area (Å²) in [6, 6.07) is 10.8. The van der Waals surface area contributed by atoms with E-state index < -0.39 is 0 Å². The Kier molecular flexibility index (Phi) is 4.89. The van der Waals surface area contributed by atoms with Crippen LogP contribution in [0.2, 0.25) is 0 Å². The minimum absolute atomic E-state index is 0.178. The molecular formula is C21H19FN4O4. The molecule has 5 rings (SSSR count). The van der Waals surface area contributed by atoms with Crippen molar-refractivity contribution in [3.8, 4) is 11.3 Å². The number of benzene rings is 1. The second-order valence-corrected chi connectivity index (χ2v) is 7.18. The Morgan fingerprint density at radius 2 is 1.90 bits per heavy atom. The molecule has 2 aliphatic rings. The van der Waals surface area contributed by atoms with Crippen LogP contribution in [0.15, 0.2) is 59.3 Å². The first-order chi connectivity index (χ1) is 14.7. The minimum Gasteiger partial charge on any atom is -0.459 e. The molecule has 3 aromatic rings. The van der Waals surface area contributed by atoms with E-state index in [2.05, 4.69) is 20.6 Å². The number of anilines is 1. The van der Waals surface area contributed by atoms with Crippen molar-refractivity contribution in [2.24, 2.45) is 0 Å². The molecule has 0 bridgehead atoms. The lowest BCUT2D eigenvalue weighted by molar-refractivity contribution is 0.0646. The zero-order valence-corrected chi connectivity index (χ0v) is 15.8. The number of nitrogens with zero attached hydrogens (tertiary/aromatic N) is 2. The van der Waals surface area contributed by atoms with Crippen LogP contribution >= 0.6 is 0 Å². The van der Waals surface area contributed by atoms with Gasteiger partial charge in [-0.1, -0.05) is 12.1 Å². The first-order valence-electron chi connectivity index (χ1n) is 9.60. The third-order valence-electron chi connectivity index (χ3n) is 5.21. The van der Waals surface area contributed by atoms with E-state index in [1.165, 1.54) is 18.4 Å². The van der Waals surface area contributed by atoms with Crippen LogP contribution in [-0.2, 0) is 9.47 Å². The molecule has 0 aliphatic carbocycles. The number of hydrogen-bond acceptors (Lipinski definition) is 7. The number of furan rings is 1. The fourth-order valence-electron chi connectivity index (χ4n) is 3.80. The van der Waals surface area contributed by atoms with Crippen molar-refractivity contribution in [1.82, 2.24) is 15.3 Å². The summed E-state index contributed by atoms with van der Waals surface area (Å²) in [7, 11) is 0. The van der Waals surface area contributed by atoms with Crippen molar-refractivity contribution in [1.29, 1.82) is 0 Å². The molecule has 2 saturated heterocycles. The maximum absolute atomic E-state index is 13.5. The van der Waals surface area contributed by atoms with Gasteiger partial charge >= 0.3 is 0 Å². The lowest BCUT2D eigenvalue weighted by Gasteiger charge is -2.18. The molecule has 0 radical (unpaired) electrons. The number of carbonyl (C=O) groups excluding carboxylic acids is 1. The van der Waals surface area contributed by atoms with Crippen LogP contribution in [0.4, 0.5) is 10.3 Å². The van der Waals surface area contributed by atoms with Gasteiger partial charge in [0.2, 0.25) is 5.95 Å². The Morgan fingerprint density at radius 3 is 2.70 bits per heavy atom. The molecule has 8 nitrogen and oxygen atoms in total. The van der Waals surface area contributed by atoms with Crippen LogP contribution in [0, 0.1) is 5.82 Å². The van der Waals surface area contributed by atoms with Gasteiger partial charge in [-0.2, -0.15) is 0 Å². The molecule has 0 saturated carbocycles. The number of fused-ring (bicyclic) bond motifs is 1. The van der Waals surface area contributed by atoms with Crippen molar-refractivity contribution < 1.29 is 23.1 Å². The van der Waals surface area contributed by atoms with E-state index in [0.29, 0.717) is 30.4 Å². The molecule has 1 aromatic carbocycles. The van der Waals surface area contributed by atoms with E-state index in [-0.39, 0.29) is 41.8 Å². The number of rotatable bonds is 5. The summed E-state index contributed by atoms with van der Waals surface area (Å²) in [5.74, 6) is 0.0152. The van der Waals surface area contributed by atoms with Gasteiger partial charge in [-0.15, -0.1) is 0 Å². The molecule has 0 spiro atoms. The number of amides is 1. The van der Waals surface area contributed by atoms with Crippen LogP contribution in [0.3, 0.4) is 0 Å². The van der Waals surface area contributed by atoms with Crippen molar-refractivity contribution >= 4 is 11.9 Å². The van der Waals surface area contributed by atoms with E-state index in [0.717, 1.165) is 0 Å². The topological polar surface area (TPSA) is 98.5 Å². The van der Waals surface area contributed by atoms with E-state index >= 15 is 0 Å². The number of nitrogens with one attached hydrogen (secondary N) is 2. The average molecular weight is 410 g/mol. The van der Waals surface area contributed by atoms with E-state index in [1.54, 1.807) is 36.5 Å². The van der Waals surface area contributed by atoms with Gasteiger partial charge in [0.05, 0.1) is 37.3 Å². The Bertz CT molecular complexity index is 1050. The molecule has 2 aliphatic heterocycles. The predicted molar refractivity (Wildman–Crippen MR) is 104 cm³/mol. The second-order valence-electron chi connectivity index (χ2n) is 7.18. The zero-order chi connectivity index (χ0) is 20.5. The molecule has 30 heavy (non-hydrogen) atoms. The fourth-order valence-corrected chi connectivity index (χ4v) is 3.80. The van der Waals surface area contributed by atoms with E-state index in [4.69, 9.17) is 13.9 Å². The van der Waals surface area contributed by atoms with Crippen molar-refractivity contribution in [2.45, 2.75) is 24.3 Å². The highest BCUT2D eigenvalue weighted by molar-refractivity contribution is 5.91. The number of ether oxygens (including phenoxy) is 2. The summed E-state index contributed by atoms with van der Waals surface area (Å²) in [4.78, 5) is 21.0. The minimum atomic E-state index is -0.324. The Hall–Kier alpha value is -3.30. The fraction of sp³-hybridized carbons (Fsp3) is 0.286. The van der Waals surface area contributed by atoms with Gasteiger partial charge in [-0.3, -0.25) is 4.79 Å². The smallest absolute Gasteiger partial charge is 0.287 e. The third-order valence-corrected chi connectivity index (χ3v) is 5.21. The summed E-state index contributed by atoms with van der Waals surface area (Å²) >= 11 is 0. The molecular weight excluding hydrogens is 391 g/mol. The summed E-state index contributed by atoms with van der Waals surface area (Å²) in [5.41, 5.74) is 1.28. The second kappa shape index (κ2) is 7.85. The summed E-state index contributed by atoms with van der Waals surface area (Å²) < 4.78 is 30.4. The first-order valence-corrected chi connectivity index (χ1v) is 9.60. The molecule has 1 amide bonds. The molecule has 2 N–H and O–H groups in total. The molecule has 4 heterocycles. The number of hydrogen-bond donors (Lipinski definition) is 2. The summed E-state index contributed by atoms with van der Waals surface area (Å²) in [5, 5.41) is 6.14. The van der Waals surface area contributed by atoms with Crippen molar-refractivity contribution in [3.63, 3.8) is 0 Å². The Labute approximate surface area is 171 Å². The average Bonchev–Trinajstić information content (AvgIpc) is 3.49. The summed E-state index contributed by atoms with van der Waals surface area (Å²) in [6.07, 6.45) is 2.53. The van der Waals surface area contributed by atoms with Crippen LogP contribution in [0.5, 0.6) is 0 Å². The van der Waals surface area contributed by atoms with Gasteiger partial charge in [0.1, 0.15) is 18.0 Å². The predicted octanol–water partition coefficient (Wildman–Crippen LogP) is 2.25. The first kappa shape index (κ1) is 18.7. The quantitative estimate of drug-likeness (QED) is 0.666.